The van der Waals surface area contributed by atoms with Crippen molar-refractivity contribution in [1.29, 1.82) is 0 Å². The fraction of sp³-hybridized carbons (Fsp3) is 0.154. The number of nitrogens with two attached hydrogens (primary N) is 1. The number of pyridine rings is 1. The third-order valence-electron chi connectivity index (χ3n) is 2.51. The molecule has 16 heavy (non-hydrogen) atoms. The summed E-state index contributed by atoms with van der Waals surface area (Å²) >= 11 is 0. The molecule has 1 aromatic carbocycles. The smallest absolute Gasteiger partial charge is 0.123 e. The number of benzene rings is 1. The number of hydrogen-bond donors (Lipinski definition) is 1. The number of rotatable bonds is 2. The van der Waals surface area contributed by atoms with Crippen LogP contribution in [0.15, 0.2) is 42.6 Å². The number of nitrogens with zero attached hydrogens (tertiary/aromatic N) is 1. The summed E-state index contributed by atoms with van der Waals surface area (Å²) in [5.41, 5.74) is 8.89. The minimum atomic E-state index is -0.248. The summed E-state index contributed by atoms with van der Waals surface area (Å²) in [7, 11) is 0. The zero-order valence-corrected chi connectivity index (χ0v) is 9.02. The van der Waals surface area contributed by atoms with E-state index in [-0.39, 0.29) is 11.9 Å². The van der Waals surface area contributed by atoms with Crippen LogP contribution >= 0.6 is 0 Å². The lowest BCUT2D eigenvalue weighted by Crippen LogP contribution is -2.12. The second-order valence-electron chi connectivity index (χ2n) is 3.76. The van der Waals surface area contributed by atoms with Crippen LogP contribution in [0.5, 0.6) is 0 Å². The molecule has 1 heterocycles. The zero-order chi connectivity index (χ0) is 11.5. The molecule has 1 unspecified atom stereocenters. The van der Waals surface area contributed by atoms with E-state index in [0.29, 0.717) is 0 Å². The van der Waals surface area contributed by atoms with E-state index in [1.807, 2.05) is 19.1 Å². The van der Waals surface area contributed by atoms with Gasteiger partial charge in [0.1, 0.15) is 5.82 Å². The molecule has 0 saturated heterocycles. The standard InChI is InChI=1S/C13H13FN2/c1-9-8-11(6-7-16-9)13(15)10-2-4-12(14)5-3-10/h2-8,13H,15H2,1H3. The predicted molar refractivity (Wildman–Crippen MR) is 61.4 cm³/mol. The van der Waals surface area contributed by atoms with Crippen LogP contribution in [0.25, 0.3) is 0 Å². The molecule has 0 spiro atoms. The summed E-state index contributed by atoms with van der Waals surface area (Å²) < 4.78 is 12.8. The molecule has 2 aromatic rings. The maximum atomic E-state index is 12.8. The number of halogens is 1. The van der Waals surface area contributed by atoms with Gasteiger partial charge in [0, 0.05) is 11.9 Å². The van der Waals surface area contributed by atoms with Gasteiger partial charge in [0.2, 0.25) is 0 Å². The van der Waals surface area contributed by atoms with Crippen LogP contribution in [-0.2, 0) is 0 Å². The maximum Gasteiger partial charge on any atom is 0.123 e. The molecule has 2 rings (SSSR count). The van der Waals surface area contributed by atoms with Gasteiger partial charge in [-0.3, -0.25) is 4.98 Å². The predicted octanol–water partition coefficient (Wildman–Crippen LogP) is 2.58. The van der Waals surface area contributed by atoms with Crippen molar-refractivity contribution in [3.63, 3.8) is 0 Å². The first kappa shape index (κ1) is 10.8. The van der Waals surface area contributed by atoms with Crippen molar-refractivity contribution in [3.8, 4) is 0 Å². The highest BCUT2D eigenvalue weighted by atomic mass is 19.1. The third-order valence-corrected chi connectivity index (χ3v) is 2.51. The average molecular weight is 216 g/mol. The van der Waals surface area contributed by atoms with Gasteiger partial charge in [-0.25, -0.2) is 4.39 Å². The Balaban J connectivity index is 2.31. The Bertz CT molecular complexity index is 480. The first-order valence-corrected chi connectivity index (χ1v) is 5.10. The molecule has 0 fully saturated rings. The highest BCUT2D eigenvalue weighted by molar-refractivity contribution is 5.31. The molecule has 0 bridgehead atoms. The van der Waals surface area contributed by atoms with Crippen molar-refractivity contribution < 1.29 is 4.39 Å². The Morgan fingerprint density at radius 3 is 2.44 bits per heavy atom. The maximum absolute atomic E-state index is 12.8. The van der Waals surface area contributed by atoms with Crippen molar-refractivity contribution in [1.82, 2.24) is 4.98 Å². The molecule has 1 atom stereocenters. The number of aryl methyl sites for hydroxylation is 1. The van der Waals surface area contributed by atoms with Crippen LogP contribution in [0.3, 0.4) is 0 Å². The topological polar surface area (TPSA) is 38.9 Å². The van der Waals surface area contributed by atoms with Crippen LogP contribution < -0.4 is 5.73 Å². The first-order valence-electron chi connectivity index (χ1n) is 5.10. The summed E-state index contributed by atoms with van der Waals surface area (Å²) in [6.45, 7) is 1.92. The molecule has 2 nitrogen and oxygen atoms in total. The van der Waals surface area contributed by atoms with Gasteiger partial charge in [0.05, 0.1) is 6.04 Å². The Labute approximate surface area is 93.9 Å². The van der Waals surface area contributed by atoms with Crippen LogP contribution in [0.2, 0.25) is 0 Å². The van der Waals surface area contributed by atoms with E-state index in [1.54, 1.807) is 18.3 Å². The lowest BCUT2D eigenvalue weighted by Gasteiger charge is -2.12. The molecule has 2 N–H and O–H groups in total. The van der Waals surface area contributed by atoms with Crippen molar-refractivity contribution in [2.75, 3.05) is 0 Å². The van der Waals surface area contributed by atoms with Gasteiger partial charge in [-0.2, -0.15) is 0 Å². The molecule has 0 amide bonds. The third kappa shape index (κ3) is 2.25. The Hall–Kier alpha value is -1.74. The lowest BCUT2D eigenvalue weighted by atomic mass is 10.00. The molecule has 82 valence electrons. The zero-order valence-electron chi connectivity index (χ0n) is 9.02. The Morgan fingerprint density at radius 1 is 1.12 bits per heavy atom. The number of hydrogen-bond acceptors (Lipinski definition) is 2. The van der Waals surface area contributed by atoms with Gasteiger partial charge in [0.25, 0.3) is 0 Å². The van der Waals surface area contributed by atoms with Gasteiger partial charge in [-0.1, -0.05) is 12.1 Å². The van der Waals surface area contributed by atoms with E-state index in [0.717, 1.165) is 16.8 Å². The van der Waals surface area contributed by atoms with Crippen molar-refractivity contribution >= 4 is 0 Å². The largest absolute Gasteiger partial charge is 0.320 e. The summed E-state index contributed by atoms with van der Waals surface area (Å²) in [5, 5.41) is 0. The fourth-order valence-electron chi connectivity index (χ4n) is 1.62. The molecule has 1 aromatic heterocycles. The second-order valence-corrected chi connectivity index (χ2v) is 3.76. The normalized spacial score (nSPS) is 12.4. The van der Waals surface area contributed by atoms with Crippen molar-refractivity contribution in [2.24, 2.45) is 5.73 Å². The van der Waals surface area contributed by atoms with E-state index < -0.39 is 0 Å². The second kappa shape index (κ2) is 4.41. The molecule has 0 aliphatic carbocycles. The van der Waals surface area contributed by atoms with Crippen LogP contribution in [0, 0.1) is 12.7 Å². The van der Waals surface area contributed by atoms with Gasteiger partial charge < -0.3 is 5.73 Å². The van der Waals surface area contributed by atoms with Crippen LogP contribution in [-0.4, -0.2) is 4.98 Å². The molecule has 0 aliphatic rings. The van der Waals surface area contributed by atoms with Crippen molar-refractivity contribution in [2.45, 2.75) is 13.0 Å². The van der Waals surface area contributed by atoms with E-state index in [4.69, 9.17) is 5.73 Å². The quantitative estimate of drug-likeness (QED) is 0.838. The van der Waals surface area contributed by atoms with E-state index in [2.05, 4.69) is 4.98 Å². The van der Waals surface area contributed by atoms with Gasteiger partial charge >= 0.3 is 0 Å². The summed E-state index contributed by atoms with van der Waals surface area (Å²) in [4.78, 5) is 4.11. The lowest BCUT2D eigenvalue weighted by molar-refractivity contribution is 0.626. The fourth-order valence-corrected chi connectivity index (χ4v) is 1.62. The SMILES string of the molecule is Cc1cc(C(N)c2ccc(F)cc2)ccn1. The van der Waals surface area contributed by atoms with E-state index in [1.165, 1.54) is 12.1 Å². The molecule has 0 aliphatic heterocycles. The summed E-state index contributed by atoms with van der Waals surface area (Å²) in [6.07, 6.45) is 1.73. The molecular formula is C13H13FN2. The molecular weight excluding hydrogens is 203 g/mol. The highest BCUT2D eigenvalue weighted by Crippen LogP contribution is 2.19. The average Bonchev–Trinajstić information content (AvgIpc) is 2.29. The Morgan fingerprint density at radius 2 is 1.81 bits per heavy atom. The van der Waals surface area contributed by atoms with E-state index in [9.17, 15) is 4.39 Å². The first-order chi connectivity index (χ1) is 7.66. The minimum absolute atomic E-state index is 0.234. The van der Waals surface area contributed by atoms with Gasteiger partial charge in [-0.05, 0) is 42.3 Å². The summed E-state index contributed by atoms with van der Waals surface area (Å²) in [5.74, 6) is -0.248. The van der Waals surface area contributed by atoms with Crippen molar-refractivity contribution in [3.05, 3.63) is 65.2 Å². The summed E-state index contributed by atoms with van der Waals surface area (Å²) in [6, 6.07) is 9.83. The minimum Gasteiger partial charge on any atom is -0.320 e. The highest BCUT2D eigenvalue weighted by Gasteiger charge is 2.08. The van der Waals surface area contributed by atoms with E-state index >= 15 is 0 Å². The van der Waals surface area contributed by atoms with Crippen LogP contribution in [0.1, 0.15) is 22.9 Å². The Kier molecular flexibility index (Phi) is 2.97. The van der Waals surface area contributed by atoms with Gasteiger partial charge in [0.15, 0.2) is 0 Å². The number of aromatic nitrogens is 1. The monoisotopic (exact) mass is 216 g/mol. The molecule has 0 radical (unpaired) electrons. The van der Waals surface area contributed by atoms with Crippen LogP contribution in [0.4, 0.5) is 4.39 Å². The molecule has 3 heteroatoms. The van der Waals surface area contributed by atoms with Gasteiger partial charge in [-0.15, -0.1) is 0 Å². The molecule has 0 saturated carbocycles.